The molecular formula is C12H18N2OS. The zero-order valence-corrected chi connectivity index (χ0v) is 10.6. The van der Waals surface area contributed by atoms with Crippen LogP contribution in [-0.4, -0.2) is 37.2 Å². The second-order valence-corrected chi connectivity index (χ2v) is 4.51. The lowest BCUT2D eigenvalue weighted by molar-refractivity contribution is 0.0799. The van der Waals surface area contributed by atoms with Crippen molar-refractivity contribution in [3.8, 4) is 0 Å². The van der Waals surface area contributed by atoms with Crippen molar-refractivity contribution in [2.45, 2.75) is 5.75 Å². The molecule has 0 spiro atoms. The molecule has 0 aromatic heterocycles. The predicted octanol–water partition coefficient (Wildman–Crippen LogP) is 1.58. The summed E-state index contributed by atoms with van der Waals surface area (Å²) < 4.78 is 0. The van der Waals surface area contributed by atoms with Gasteiger partial charge in [0, 0.05) is 31.5 Å². The molecule has 0 atom stereocenters. The molecule has 3 nitrogen and oxygen atoms in total. The van der Waals surface area contributed by atoms with E-state index in [4.69, 9.17) is 5.73 Å². The number of amides is 1. The van der Waals surface area contributed by atoms with Crippen LogP contribution >= 0.6 is 11.8 Å². The highest BCUT2D eigenvalue weighted by atomic mass is 32.2. The van der Waals surface area contributed by atoms with Crippen LogP contribution in [0.2, 0.25) is 0 Å². The summed E-state index contributed by atoms with van der Waals surface area (Å²) in [6.45, 7) is 1.08. The minimum Gasteiger partial charge on any atom is -0.340 e. The number of nitrogens with zero attached hydrogens (tertiary/aromatic N) is 1. The van der Waals surface area contributed by atoms with E-state index in [1.54, 1.807) is 23.7 Å². The SMILES string of the molecule is CSCc1ccc(C(=O)N(C)CCN)cc1. The number of carbonyl (C=O) groups is 1. The number of hydrogen-bond donors (Lipinski definition) is 1. The van der Waals surface area contributed by atoms with Gasteiger partial charge in [-0.05, 0) is 24.0 Å². The number of thioether (sulfide) groups is 1. The lowest BCUT2D eigenvalue weighted by atomic mass is 10.1. The van der Waals surface area contributed by atoms with Crippen LogP contribution < -0.4 is 5.73 Å². The first-order valence-corrected chi connectivity index (χ1v) is 6.62. The number of likely N-dealkylation sites (N-methyl/N-ethyl adjacent to an activating group) is 1. The molecule has 0 aliphatic carbocycles. The van der Waals surface area contributed by atoms with Gasteiger partial charge in [0.05, 0.1) is 0 Å². The molecule has 4 heteroatoms. The molecule has 0 saturated carbocycles. The van der Waals surface area contributed by atoms with E-state index < -0.39 is 0 Å². The van der Waals surface area contributed by atoms with Crippen molar-refractivity contribution in [3.63, 3.8) is 0 Å². The highest BCUT2D eigenvalue weighted by Crippen LogP contribution is 2.11. The summed E-state index contributed by atoms with van der Waals surface area (Å²) in [5.74, 6) is 1.01. The molecule has 0 radical (unpaired) electrons. The van der Waals surface area contributed by atoms with E-state index in [9.17, 15) is 4.79 Å². The van der Waals surface area contributed by atoms with Gasteiger partial charge in [0.15, 0.2) is 0 Å². The molecule has 0 heterocycles. The molecule has 0 aliphatic heterocycles. The van der Waals surface area contributed by atoms with E-state index in [2.05, 4.69) is 6.26 Å². The van der Waals surface area contributed by atoms with E-state index >= 15 is 0 Å². The number of hydrogen-bond acceptors (Lipinski definition) is 3. The van der Waals surface area contributed by atoms with Gasteiger partial charge < -0.3 is 10.6 Å². The van der Waals surface area contributed by atoms with Crippen LogP contribution in [0.4, 0.5) is 0 Å². The van der Waals surface area contributed by atoms with Gasteiger partial charge >= 0.3 is 0 Å². The van der Waals surface area contributed by atoms with Gasteiger partial charge in [0.25, 0.3) is 5.91 Å². The fourth-order valence-corrected chi connectivity index (χ4v) is 1.95. The minimum atomic E-state index is 0.0288. The third kappa shape index (κ3) is 3.54. The Morgan fingerprint density at radius 3 is 2.50 bits per heavy atom. The number of benzene rings is 1. The highest BCUT2D eigenvalue weighted by molar-refractivity contribution is 7.97. The molecule has 1 rings (SSSR count). The Hall–Kier alpha value is -1.00. The molecule has 1 aromatic rings. The summed E-state index contributed by atoms with van der Waals surface area (Å²) in [6, 6.07) is 7.75. The quantitative estimate of drug-likeness (QED) is 0.847. The van der Waals surface area contributed by atoms with Gasteiger partial charge in [-0.15, -0.1) is 0 Å². The first kappa shape index (κ1) is 13.1. The van der Waals surface area contributed by atoms with E-state index in [1.807, 2.05) is 24.3 Å². The molecule has 88 valence electrons. The van der Waals surface area contributed by atoms with Crippen molar-refractivity contribution in [2.24, 2.45) is 5.73 Å². The average Bonchev–Trinajstić information content (AvgIpc) is 2.30. The van der Waals surface area contributed by atoms with Crippen LogP contribution in [-0.2, 0) is 5.75 Å². The van der Waals surface area contributed by atoms with Crippen LogP contribution in [0, 0.1) is 0 Å². The summed E-state index contributed by atoms with van der Waals surface area (Å²) in [4.78, 5) is 13.5. The smallest absolute Gasteiger partial charge is 0.253 e. The largest absolute Gasteiger partial charge is 0.340 e. The van der Waals surface area contributed by atoms with Crippen molar-refractivity contribution in [1.82, 2.24) is 4.90 Å². The van der Waals surface area contributed by atoms with Gasteiger partial charge in [0.1, 0.15) is 0 Å². The monoisotopic (exact) mass is 238 g/mol. The maximum atomic E-state index is 11.9. The standard InChI is InChI=1S/C12H18N2OS/c1-14(8-7-13)12(15)11-5-3-10(4-6-11)9-16-2/h3-6H,7-9,13H2,1-2H3. The lowest BCUT2D eigenvalue weighted by Gasteiger charge is -2.15. The van der Waals surface area contributed by atoms with Crippen molar-refractivity contribution >= 4 is 17.7 Å². The van der Waals surface area contributed by atoms with Crippen molar-refractivity contribution < 1.29 is 4.79 Å². The van der Waals surface area contributed by atoms with E-state index in [0.29, 0.717) is 13.1 Å². The Morgan fingerprint density at radius 2 is 2.00 bits per heavy atom. The normalized spacial score (nSPS) is 10.2. The maximum Gasteiger partial charge on any atom is 0.253 e. The summed E-state index contributed by atoms with van der Waals surface area (Å²) in [5, 5.41) is 0. The Bertz CT molecular complexity index is 337. The molecule has 0 bridgehead atoms. The second kappa shape index (κ2) is 6.55. The van der Waals surface area contributed by atoms with Gasteiger partial charge in [0.2, 0.25) is 0 Å². The minimum absolute atomic E-state index is 0.0288. The van der Waals surface area contributed by atoms with Crippen LogP contribution in [0.1, 0.15) is 15.9 Å². The Labute approximate surface area is 101 Å². The van der Waals surface area contributed by atoms with Crippen molar-refractivity contribution in [1.29, 1.82) is 0 Å². The Balaban J connectivity index is 2.69. The lowest BCUT2D eigenvalue weighted by Crippen LogP contribution is -2.31. The molecule has 1 aromatic carbocycles. The van der Waals surface area contributed by atoms with E-state index in [1.165, 1.54) is 5.56 Å². The molecule has 2 N–H and O–H groups in total. The molecule has 0 saturated heterocycles. The Kier molecular flexibility index (Phi) is 5.35. The van der Waals surface area contributed by atoms with Crippen LogP contribution in [0.15, 0.2) is 24.3 Å². The number of rotatable bonds is 5. The van der Waals surface area contributed by atoms with Gasteiger partial charge in [-0.3, -0.25) is 4.79 Å². The second-order valence-electron chi connectivity index (χ2n) is 3.65. The fourth-order valence-electron chi connectivity index (χ4n) is 1.43. The summed E-state index contributed by atoms with van der Waals surface area (Å²) in [5.41, 5.74) is 7.38. The highest BCUT2D eigenvalue weighted by Gasteiger charge is 2.09. The van der Waals surface area contributed by atoms with Crippen LogP contribution in [0.3, 0.4) is 0 Å². The zero-order chi connectivity index (χ0) is 12.0. The maximum absolute atomic E-state index is 11.9. The summed E-state index contributed by atoms with van der Waals surface area (Å²) >= 11 is 1.77. The van der Waals surface area contributed by atoms with Gasteiger partial charge in [-0.2, -0.15) is 11.8 Å². The first-order valence-electron chi connectivity index (χ1n) is 5.22. The van der Waals surface area contributed by atoms with E-state index in [0.717, 1.165) is 11.3 Å². The molecule has 0 fully saturated rings. The molecule has 0 aliphatic rings. The first-order chi connectivity index (χ1) is 7.69. The van der Waals surface area contributed by atoms with Crippen LogP contribution in [0.25, 0.3) is 0 Å². The fraction of sp³-hybridized carbons (Fsp3) is 0.417. The van der Waals surface area contributed by atoms with Crippen molar-refractivity contribution in [3.05, 3.63) is 35.4 Å². The van der Waals surface area contributed by atoms with Crippen LogP contribution in [0.5, 0.6) is 0 Å². The van der Waals surface area contributed by atoms with Gasteiger partial charge in [-0.1, -0.05) is 12.1 Å². The Morgan fingerprint density at radius 1 is 1.38 bits per heavy atom. The average molecular weight is 238 g/mol. The van der Waals surface area contributed by atoms with E-state index in [-0.39, 0.29) is 5.91 Å². The third-order valence-corrected chi connectivity index (χ3v) is 2.95. The summed E-state index contributed by atoms with van der Waals surface area (Å²) in [7, 11) is 1.77. The molecule has 16 heavy (non-hydrogen) atoms. The topological polar surface area (TPSA) is 46.3 Å². The molecule has 1 amide bonds. The number of carbonyl (C=O) groups excluding carboxylic acids is 1. The zero-order valence-electron chi connectivity index (χ0n) is 9.77. The molecule has 0 unspecified atom stereocenters. The predicted molar refractivity (Wildman–Crippen MR) is 69.7 cm³/mol. The van der Waals surface area contributed by atoms with Crippen molar-refractivity contribution in [2.75, 3.05) is 26.4 Å². The summed E-state index contributed by atoms with van der Waals surface area (Å²) in [6.07, 6.45) is 2.06. The third-order valence-electron chi connectivity index (χ3n) is 2.32. The number of nitrogens with two attached hydrogens (primary N) is 1. The van der Waals surface area contributed by atoms with Gasteiger partial charge in [-0.25, -0.2) is 0 Å². The molecular weight excluding hydrogens is 220 g/mol.